The standard InChI is InChI=1S/C25H27ClN2O.2ClH/c26-23-8-4-2-6-20(23)17-29-25-10-9-18-5-1-3-7-21(18)22(25)15-27-24-16-28-13-11-19(24)12-14-28;;/h1-10,19,24,27H,11-17H2;2*1H. The summed E-state index contributed by atoms with van der Waals surface area (Å²) in [6, 6.07) is 21.3. The van der Waals surface area contributed by atoms with Crippen LogP contribution in [0.3, 0.4) is 0 Å². The molecule has 0 aliphatic carbocycles. The normalized spacial score (nSPS) is 21.9. The molecule has 166 valence electrons. The van der Waals surface area contributed by atoms with Crippen LogP contribution in [0.25, 0.3) is 10.8 Å². The van der Waals surface area contributed by atoms with Crippen molar-refractivity contribution in [2.75, 3.05) is 19.6 Å². The summed E-state index contributed by atoms with van der Waals surface area (Å²) in [6.45, 7) is 5.01. The molecule has 3 aromatic carbocycles. The van der Waals surface area contributed by atoms with Gasteiger partial charge in [-0.25, -0.2) is 0 Å². The first-order valence-electron chi connectivity index (χ1n) is 10.6. The predicted molar refractivity (Wildman–Crippen MR) is 134 cm³/mol. The van der Waals surface area contributed by atoms with Gasteiger partial charge in [-0.15, -0.1) is 24.8 Å². The molecule has 3 fully saturated rings. The predicted octanol–water partition coefficient (Wildman–Crippen LogP) is 6.10. The maximum atomic E-state index is 6.33. The number of ether oxygens (including phenoxy) is 1. The van der Waals surface area contributed by atoms with Crippen LogP contribution < -0.4 is 10.1 Å². The molecule has 3 aliphatic rings. The number of benzene rings is 3. The monoisotopic (exact) mass is 478 g/mol. The summed E-state index contributed by atoms with van der Waals surface area (Å²) in [5.41, 5.74) is 2.25. The number of halogens is 3. The second-order valence-corrected chi connectivity index (χ2v) is 8.68. The lowest BCUT2D eigenvalue weighted by Crippen LogP contribution is -2.55. The van der Waals surface area contributed by atoms with Crippen molar-refractivity contribution in [3.05, 3.63) is 76.8 Å². The Balaban J connectivity index is 0.00000136. The van der Waals surface area contributed by atoms with Crippen LogP contribution in [0.15, 0.2) is 60.7 Å². The number of hydrogen-bond donors (Lipinski definition) is 1. The minimum atomic E-state index is 0. The van der Waals surface area contributed by atoms with Gasteiger partial charge in [-0.2, -0.15) is 0 Å². The Labute approximate surface area is 201 Å². The summed E-state index contributed by atoms with van der Waals surface area (Å²) in [5, 5.41) is 7.13. The molecule has 1 N–H and O–H groups in total. The molecule has 3 aromatic rings. The second-order valence-electron chi connectivity index (χ2n) is 8.27. The van der Waals surface area contributed by atoms with Crippen molar-refractivity contribution in [1.82, 2.24) is 10.2 Å². The Bertz CT molecular complexity index is 1000. The molecule has 31 heavy (non-hydrogen) atoms. The van der Waals surface area contributed by atoms with Crippen LogP contribution in [-0.2, 0) is 13.2 Å². The Morgan fingerprint density at radius 2 is 1.68 bits per heavy atom. The topological polar surface area (TPSA) is 24.5 Å². The summed E-state index contributed by atoms with van der Waals surface area (Å²) < 4.78 is 6.28. The number of rotatable bonds is 6. The van der Waals surface area contributed by atoms with Crippen molar-refractivity contribution in [1.29, 1.82) is 0 Å². The number of fused-ring (bicyclic) bond motifs is 4. The third kappa shape index (κ3) is 5.30. The molecule has 0 amide bonds. The summed E-state index contributed by atoms with van der Waals surface area (Å²) in [6.07, 6.45) is 2.64. The first-order valence-corrected chi connectivity index (χ1v) is 11.0. The first kappa shape index (κ1) is 24.2. The summed E-state index contributed by atoms with van der Waals surface area (Å²) >= 11 is 6.33. The molecule has 0 saturated carbocycles. The first-order chi connectivity index (χ1) is 14.3. The van der Waals surface area contributed by atoms with Crippen LogP contribution >= 0.6 is 36.4 Å². The summed E-state index contributed by atoms with van der Waals surface area (Å²) in [5.74, 6) is 1.75. The molecule has 3 saturated heterocycles. The lowest BCUT2D eigenvalue weighted by atomic mass is 9.84. The number of nitrogens with one attached hydrogen (secondary N) is 1. The van der Waals surface area contributed by atoms with Crippen molar-refractivity contribution < 1.29 is 4.74 Å². The highest BCUT2D eigenvalue weighted by molar-refractivity contribution is 6.31. The van der Waals surface area contributed by atoms with E-state index in [-0.39, 0.29) is 24.8 Å². The number of hydrogen-bond acceptors (Lipinski definition) is 3. The third-order valence-electron chi connectivity index (χ3n) is 6.54. The van der Waals surface area contributed by atoms with Gasteiger partial charge in [-0.3, -0.25) is 0 Å². The molecule has 1 unspecified atom stereocenters. The molecular weight excluding hydrogens is 451 g/mol. The van der Waals surface area contributed by atoms with E-state index in [1.807, 2.05) is 24.3 Å². The van der Waals surface area contributed by atoms with Gasteiger partial charge >= 0.3 is 0 Å². The highest BCUT2D eigenvalue weighted by atomic mass is 35.5. The Hall–Kier alpha value is -1.49. The van der Waals surface area contributed by atoms with Gasteiger partial charge in [0.2, 0.25) is 0 Å². The van der Waals surface area contributed by atoms with E-state index in [4.69, 9.17) is 16.3 Å². The molecule has 2 bridgehead atoms. The van der Waals surface area contributed by atoms with Gasteiger partial charge < -0.3 is 15.0 Å². The van der Waals surface area contributed by atoms with E-state index in [1.165, 1.54) is 48.8 Å². The highest BCUT2D eigenvalue weighted by Crippen LogP contribution is 2.31. The lowest BCUT2D eigenvalue weighted by Gasteiger charge is -2.45. The van der Waals surface area contributed by atoms with Gasteiger partial charge in [0, 0.05) is 35.3 Å². The summed E-state index contributed by atoms with van der Waals surface area (Å²) in [7, 11) is 0. The fraction of sp³-hybridized carbons (Fsp3) is 0.360. The van der Waals surface area contributed by atoms with Gasteiger partial charge in [-0.1, -0.05) is 60.1 Å². The van der Waals surface area contributed by atoms with Crippen molar-refractivity contribution in [3.63, 3.8) is 0 Å². The lowest BCUT2D eigenvalue weighted by molar-refractivity contribution is 0.0719. The molecule has 6 rings (SSSR count). The van der Waals surface area contributed by atoms with E-state index in [2.05, 4.69) is 46.6 Å². The Kier molecular flexibility index (Phi) is 8.49. The summed E-state index contributed by atoms with van der Waals surface area (Å²) in [4.78, 5) is 2.59. The minimum absolute atomic E-state index is 0. The van der Waals surface area contributed by atoms with E-state index in [0.717, 1.165) is 28.8 Å². The maximum Gasteiger partial charge on any atom is 0.124 e. The van der Waals surface area contributed by atoms with Crippen LogP contribution in [0.4, 0.5) is 0 Å². The largest absolute Gasteiger partial charge is 0.488 e. The Morgan fingerprint density at radius 1 is 0.935 bits per heavy atom. The Morgan fingerprint density at radius 3 is 2.42 bits per heavy atom. The number of nitrogens with zero attached hydrogens (tertiary/aromatic N) is 1. The fourth-order valence-electron chi connectivity index (χ4n) is 4.83. The zero-order valence-electron chi connectivity index (χ0n) is 17.4. The molecule has 1 atom stereocenters. The molecule has 0 spiro atoms. The van der Waals surface area contributed by atoms with E-state index in [9.17, 15) is 0 Å². The molecule has 6 heteroatoms. The van der Waals surface area contributed by atoms with Crippen molar-refractivity contribution in [2.45, 2.75) is 32.0 Å². The second kappa shape index (κ2) is 10.9. The van der Waals surface area contributed by atoms with E-state index < -0.39 is 0 Å². The molecule has 3 heterocycles. The SMILES string of the molecule is Cl.Cl.Clc1ccccc1COc1ccc2ccccc2c1CNC1CN2CCC1CC2. The molecule has 3 aliphatic heterocycles. The quantitative estimate of drug-likeness (QED) is 0.462. The van der Waals surface area contributed by atoms with Gasteiger partial charge in [0.15, 0.2) is 0 Å². The average molecular weight is 480 g/mol. The molecular formula is C25H29Cl3N2O. The zero-order valence-corrected chi connectivity index (χ0v) is 19.8. The molecule has 3 nitrogen and oxygen atoms in total. The van der Waals surface area contributed by atoms with Crippen molar-refractivity contribution in [2.24, 2.45) is 5.92 Å². The molecule has 0 aromatic heterocycles. The van der Waals surface area contributed by atoms with Gasteiger partial charge in [0.25, 0.3) is 0 Å². The van der Waals surface area contributed by atoms with Crippen molar-refractivity contribution in [3.8, 4) is 5.75 Å². The van der Waals surface area contributed by atoms with Crippen LogP contribution in [0.5, 0.6) is 5.75 Å². The van der Waals surface area contributed by atoms with Gasteiger partial charge in [0.1, 0.15) is 12.4 Å². The molecule has 0 radical (unpaired) electrons. The van der Waals surface area contributed by atoms with E-state index >= 15 is 0 Å². The van der Waals surface area contributed by atoms with Crippen LogP contribution in [0.1, 0.15) is 24.0 Å². The van der Waals surface area contributed by atoms with Crippen molar-refractivity contribution >= 4 is 47.2 Å². The third-order valence-corrected chi connectivity index (χ3v) is 6.90. The fourth-order valence-corrected chi connectivity index (χ4v) is 5.02. The highest BCUT2D eigenvalue weighted by Gasteiger charge is 2.33. The number of piperidine rings is 3. The van der Waals surface area contributed by atoms with E-state index in [0.29, 0.717) is 12.6 Å². The van der Waals surface area contributed by atoms with Crippen LogP contribution in [0.2, 0.25) is 5.02 Å². The smallest absolute Gasteiger partial charge is 0.124 e. The van der Waals surface area contributed by atoms with Crippen LogP contribution in [0, 0.1) is 5.92 Å². The zero-order chi connectivity index (χ0) is 19.6. The van der Waals surface area contributed by atoms with Gasteiger partial charge in [-0.05, 0) is 54.8 Å². The van der Waals surface area contributed by atoms with E-state index in [1.54, 1.807) is 0 Å². The van der Waals surface area contributed by atoms with Crippen LogP contribution in [-0.4, -0.2) is 30.6 Å². The maximum absolute atomic E-state index is 6.33. The van der Waals surface area contributed by atoms with Gasteiger partial charge in [0.05, 0.1) is 0 Å². The minimum Gasteiger partial charge on any atom is -0.488 e. The average Bonchev–Trinajstić information content (AvgIpc) is 2.78.